The highest BCUT2D eigenvalue weighted by molar-refractivity contribution is 7.13. The lowest BCUT2D eigenvalue weighted by Gasteiger charge is -2.18. The second-order valence-electron chi connectivity index (χ2n) is 7.57. The van der Waals surface area contributed by atoms with Crippen molar-refractivity contribution >= 4 is 23.2 Å². The quantitative estimate of drug-likeness (QED) is 0.351. The average Bonchev–Trinajstić information content (AvgIpc) is 3.37. The molecule has 0 aliphatic rings. The molecule has 34 heavy (non-hydrogen) atoms. The summed E-state index contributed by atoms with van der Waals surface area (Å²) in [4.78, 5) is 30.2. The van der Waals surface area contributed by atoms with Crippen LogP contribution in [0, 0.1) is 0 Å². The highest BCUT2D eigenvalue weighted by Crippen LogP contribution is 2.27. The minimum atomic E-state index is -0.827. The number of amides is 1. The van der Waals surface area contributed by atoms with Gasteiger partial charge in [-0.15, -0.1) is 11.3 Å². The number of rotatable bonds is 9. The van der Waals surface area contributed by atoms with Gasteiger partial charge in [-0.25, -0.2) is 9.78 Å². The Morgan fingerprint density at radius 3 is 2.44 bits per heavy atom. The van der Waals surface area contributed by atoms with E-state index in [9.17, 15) is 9.59 Å². The minimum Gasteiger partial charge on any atom is -0.497 e. The molecule has 6 nitrogen and oxygen atoms in total. The van der Waals surface area contributed by atoms with E-state index in [-0.39, 0.29) is 12.5 Å². The normalized spacial score (nSPS) is 11.4. The Hall–Kier alpha value is -3.97. The summed E-state index contributed by atoms with van der Waals surface area (Å²) in [6.45, 7) is 0.0196. The van der Waals surface area contributed by atoms with Crippen LogP contribution < -0.4 is 10.1 Å². The molecule has 1 heterocycles. The third kappa shape index (κ3) is 6.08. The number of hydrogen-bond donors (Lipinski definition) is 1. The van der Waals surface area contributed by atoms with Crippen LogP contribution >= 0.6 is 11.3 Å². The number of thiazole rings is 1. The van der Waals surface area contributed by atoms with E-state index in [1.165, 1.54) is 11.3 Å². The molecule has 4 aromatic rings. The van der Waals surface area contributed by atoms with E-state index < -0.39 is 12.0 Å². The fraction of sp³-hybridized carbons (Fsp3) is 0.148. The van der Waals surface area contributed by atoms with E-state index in [4.69, 9.17) is 9.47 Å². The summed E-state index contributed by atoms with van der Waals surface area (Å²) < 4.78 is 10.8. The Morgan fingerprint density at radius 2 is 1.71 bits per heavy atom. The van der Waals surface area contributed by atoms with Crippen molar-refractivity contribution in [3.8, 4) is 16.3 Å². The molecule has 0 bridgehead atoms. The first-order chi connectivity index (χ1) is 16.6. The number of nitrogens with zero attached hydrogens (tertiary/aromatic N) is 1. The van der Waals surface area contributed by atoms with Crippen LogP contribution in [0.15, 0.2) is 90.3 Å². The Bertz CT molecular complexity index is 1240. The van der Waals surface area contributed by atoms with Gasteiger partial charge in [-0.1, -0.05) is 60.7 Å². The zero-order valence-electron chi connectivity index (χ0n) is 18.6. The lowest BCUT2D eigenvalue weighted by Crippen LogP contribution is -2.43. The fourth-order valence-electron chi connectivity index (χ4n) is 3.38. The second-order valence-corrected chi connectivity index (χ2v) is 8.42. The molecule has 3 aromatic carbocycles. The Balaban J connectivity index is 1.44. The van der Waals surface area contributed by atoms with Crippen molar-refractivity contribution in [3.63, 3.8) is 0 Å². The Kier molecular flexibility index (Phi) is 7.67. The van der Waals surface area contributed by atoms with Crippen molar-refractivity contribution in [1.29, 1.82) is 0 Å². The van der Waals surface area contributed by atoms with E-state index in [0.717, 1.165) is 21.9 Å². The van der Waals surface area contributed by atoms with Gasteiger partial charge in [-0.3, -0.25) is 4.79 Å². The molecular weight excluding hydrogens is 448 g/mol. The first-order valence-electron chi connectivity index (χ1n) is 10.8. The predicted molar refractivity (Wildman–Crippen MR) is 132 cm³/mol. The number of methoxy groups -OCH3 is 1. The summed E-state index contributed by atoms with van der Waals surface area (Å²) in [7, 11) is 1.62. The molecule has 1 N–H and O–H groups in total. The second kappa shape index (κ2) is 11.2. The Labute approximate surface area is 202 Å². The molecule has 0 saturated heterocycles. The van der Waals surface area contributed by atoms with Gasteiger partial charge in [0.15, 0.2) is 0 Å². The van der Waals surface area contributed by atoms with E-state index in [1.807, 2.05) is 66.0 Å². The highest BCUT2D eigenvalue weighted by Gasteiger charge is 2.24. The van der Waals surface area contributed by atoms with Gasteiger partial charge in [-0.05, 0) is 29.8 Å². The molecule has 4 rings (SSSR count). The van der Waals surface area contributed by atoms with Gasteiger partial charge in [0.25, 0.3) is 5.91 Å². The minimum absolute atomic E-state index is 0.0196. The monoisotopic (exact) mass is 472 g/mol. The number of hydrogen-bond acceptors (Lipinski definition) is 6. The maximum absolute atomic E-state index is 13.0. The van der Waals surface area contributed by atoms with Crippen LogP contribution in [-0.2, 0) is 22.6 Å². The number of ether oxygens (including phenoxy) is 2. The van der Waals surface area contributed by atoms with E-state index in [2.05, 4.69) is 10.3 Å². The van der Waals surface area contributed by atoms with Crippen molar-refractivity contribution in [2.24, 2.45) is 0 Å². The lowest BCUT2D eigenvalue weighted by atomic mass is 10.1. The first-order valence-corrected chi connectivity index (χ1v) is 11.7. The smallest absolute Gasteiger partial charge is 0.329 e. The molecule has 1 aromatic heterocycles. The van der Waals surface area contributed by atoms with Crippen molar-refractivity contribution in [1.82, 2.24) is 10.3 Å². The topological polar surface area (TPSA) is 77.5 Å². The first kappa shape index (κ1) is 23.2. The summed E-state index contributed by atoms with van der Waals surface area (Å²) in [6.07, 6.45) is 0.324. The largest absolute Gasteiger partial charge is 0.497 e. The number of nitrogens with one attached hydrogen (secondary N) is 1. The zero-order chi connectivity index (χ0) is 23.8. The van der Waals surface area contributed by atoms with Crippen LogP contribution in [0.25, 0.3) is 10.6 Å². The summed E-state index contributed by atoms with van der Waals surface area (Å²) in [5.41, 5.74) is 2.98. The van der Waals surface area contributed by atoms with Crippen LogP contribution in [0.1, 0.15) is 21.6 Å². The molecule has 0 saturated carbocycles. The SMILES string of the molecule is COc1cccc(-c2nc(COC(=O)C(Cc3ccccc3)NC(=O)c3ccccc3)cs2)c1. The third-order valence-corrected chi connectivity index (χ3v) is 6.08. The number of carbonyl (C=O) groups excluding carboxylic acids is 2. The van der Waals surface area contributed by atoms with Crippen LogP contribution in [0.4, 0.5) is 0 Å². The van der Waals surface area contributed by atoms with Crippen molar-refractivity contribution in [3.05, 3.63) is 107 Å². The molecule has 172 valence electrons. The number of aromatic nitrogens is 1. The number of benzene rings is 3. The molecule has 7 heteroatoms. The fourth-order valence-corrected chi connectivity index (χ4v) is 4.18. The maximum atomic E-state index is 13.0. The van der Waals surface area contributed by atoms with Gasteiger partial charge >= 0.3 is 5.97 Å². The summed E-state index contributed by atoms with van der Waals surface area (Å²) >= 11 is 1.46. The predicted octanol–water partition coefficient (Wildman–Crippen LogP) is 4.90. The summed E-state index contributed by atoms with van der Waals surface area (Å²) in [5.74, 6) is -0.0879. The van der Waals surface area contributed by atoms with E-state index in [1.54, 1.807) is 31.4 Å². The number of carbonyl (C=O) groups is 2. The molecule has 1 unspecified atom stereocenters. The molecule has 1 atom stereocenters. The third-order valence-electron chi connectivity index (χ3n) is 5.14. The van der Waals surface area contributed by atoms with Crippen molar-refractivity contribution < 1.29 is 19.1 Å². The van der Waals surface area contributed by atoms with E-state index in [0.29, 0.717) is 17.7 Å². The van der Waals surface area contributed by atoms with Gasteiger partial charge in [0.05, 0.1) is 12.8 Å². The molecule has 0 spiro atoms. The van der Waals surface area contributed by atoms with Crippen molar-refractivity contribution in [2.45, 2.75) is 19.1 Å². The van der Waals surface area contributed by atoms with Crippen LogP contribution in [-0.4, -0.2) is 30.0 Å². The van der Waals surface area contributed by atoms with Crippen LogP contribution in [0.5, 0.6) is 5.75 Å². The summed E-state index contributed by atoms with van der Waals surface area (Å²) in [5, 5.41) is 5.48. The lowest BCUT2D eigenvalue weighted by molar-refractivity contribution is -0.147. The molecule has 0 aliphatic heterocycles. The van der Waals surface area contributed by atoms with Gasteiger partial charge in [-0.2, -0.15) is 0 Å². The molecule has 0 fully saturated rings. The standard InChI is InChI=1S/C27H24N2O4S/c1-32-23-14-8-13-21(16-23)26-28-22(18-34-26)17-33-27(31)24(15-19-9-4-2-5-10-19)29-25(30)20-11-6-3-7-12-20/h2-14,16,18,24H,15,17H2,1H3,(H,29,30). The van der Waals surface area contributed by atoms with Crippen LogP contribution in [0.2, 0.25) is 0 Å². The van der Waals surface area contributed by atoms with Gasteiger partial charge in [0.1, 0.15) is 23.4 Å². The average molecular weight is 473 g/mol. The summed E-state index contributed by atoms with van der Waals surface area (Å²) in [6, 6.07) is 25.1. The van der Waals surface area contributed by atoms with Crippen molar-refractivity contribution in [2.75, 3.05) is 7.11 Å². The molecule has 0 aliphatic carbocycles. The maximum Gasteiger partial charge on any atom is 0.329 e. The van der Waals surface area contributed by atoms with E-state index >= 15 is 0 Å². The Morgan fingerprint density at radius 1 is 0.971 bits per heavy atom. The zero-order valence-corrected chi connectivity index (χ0v) is 19.5. The van der Waals surface area contributed by atoms with Crippen LogP contribution in [0.3, 0.4) is 0 Å². The number of esters is 1. The van der Waals surface area contributed by atoms with Gasteiger partial charge < -0.3 is 14.8 Å². The van der Waals surface area contributed by atoms with Gasteiger partial charge in [0, 0.05) is 22.9 Å². The molecule has 1 amide bonds. The van der Waals surface area contributed by atoms with Gasteiger partial charge in [0.2, 0.25) is 0 Å². The molecule has 0 radical (unpaired) electrons. The highest BCUT2D eigenvalue weighted by atomic mass is 32.1. The molecular formula is C27H24N2O4S.